The van der Waals surface area contributed by atoms with Crippen molar-refractivity contribution in [2.24, 2.45) is 4.99 Å². The summed E-state index contributed by atoms with van der Waals surface area (Å²) in [5, 5.41) is 3.37. The summed E-state index contributed by atoms with van der Waals surface area (Å²) >= 11 is 2.13. The van der Waals surface area contributed by atoms with Crippen molar-refractivity contribution in [3.63, 3.8) is 0 Å². The van der Waals surface area contributed by atoms with Crippen LogP contribution in [0.3, 0.4) is 0 Å². The van der Waals surface area contributed by atoms with Crippen molar-refractivity contribution < 1.29 is 8.42 Å². The van der Waals surface area contributed by atoms with E-state index in [4.69, 9.17) is 4.99 Å². The normalized spacial score (nSPS) is 22.7. The Morgan fingerprint density at radius 1 is 1.29 bits per heavy atom. The lowest BCUT2D eigenvalue weighted by atomic mass is 9.87. The molecule has 0 amide bonds. The molecule has 0 bridgehead atoms. The third kappa shape index (κ3) is 4.81. The van der Waals surface area contributed by atoms with E-state index in [0.29, 0.717) is 11.3 Å². The summed E-state index contributed by atoms with van der Waals surface area (Å²) in [6, 6.07) is 0. The van der Waals surface area contributed by atoms with E-state index in [1.807, 2.05) is 0 Å². The van der Waals surface area contributed by atoms with Gasteiger partial charge in [-0.1, -0.05) is 19.3 Å². The van der Waals surface area contributed by atoms with Gasteiger partial charge in [0.1, 0.15) is 0 Å². The zero-order valence-electron chi connectivity index (χ0n) is 15.6. The number of thioether (sulfide) groups is 1. The fraction of sp³-hybridized carbons (Fsp3) is 0.941. The number of sulfone groups is 1. The van der Waals surface area contributed by atoms with Gasteiger partial charge in [0.2, 0.25) is 0 Å². The van der Waals surface area contributed by atoms with E-state index < -0.39 is 14.6 Å². The lowest BCUT2D eigenvalue weighted by Gasteiger charge is -2.45. The van der Waals surface area contributed by atoms with Crippen LogP contribution in [-0.2, 0) is 9.84 Å². The SMILES string of the molecule is CCNC(=NCC(C)(C)S(C)(=O)=O)N1CCSC2(CCCCC2)C1. The topological polar surface area (TPSA) is 61.8 Å². The number of hydrogen-bond donors (Lipinski definition) is 1. The van der Waals surface area contributed by atoms with Crippen molar-refractivity contribution in [2.45, 2.75) is 62.4 Å². The average Bonchev–Trinajstić information content (AvgIpc) is 2.51. The Labute approximate surface area is 152 Å². The maximum atomic E-state index is 11.9. The van der Waals surface area contributed by atoms with Crippen LogP contribution in [0.5, 0.6) is 0 Å². The Balaban J connectivity index is 2.12. The minimum absolute atomic E-state index is 0.296. The second-order valence-corrected chi connectivity index (χ2v) is 11.9. The van der Waals surface area contributed by atoms with Gasteiger partial charge in [-0.05, 0) is 33.6 Å². The first-order valence-electron chi connectivity index (χ1n) is 9.06. The number of rotatable bonds is 4. The monoisotopic (exact) mass is 375 g/mol. The lowest BCUT2D eigenvalue weighted by molar-refractivity contribution is 0.293. The third-order valence-corrected chi connectivity index (χ3v) is 8.93. The molecule has 0 aromatic carbocycles. The smallest absolute Gasteiger partial charge is 0.194 e. The molecule has 0 atom stereocenters. The van der Waals surface area contributed by atoms with Gasteiger partial charge in [-0.15, -0.1) is 0 Å². The summed E-state index contributed by atoms with van der Waals surface area (Å²) in [6.07, 6.45) is 7.90. The van der Waals surface area contributed by atoms with Crippen molar-refractivity contribution in [2.75, 3.05) is 38.2 Å². The quantitative estimate of drug-likeness (QED) is 0.604. The Morgan fingerprint density at radius 3 is 2.54 bits per heavy atom. The summed E-state index contributed by atoms with van der Waals surface area (Å²) in [5.41, 5.74) is 0. The Kier molecular flexibility index (Phi) is 6.51. The number of nitrogens with zero attached hydrogens (tertiary/aromatic N) is 2. The molecule has 0 aromatic rings. The molecule has 5 nitrogen and oxygen atoms in total. The van der Waals surface area contributed by atoms with Crippen LogP contribution in [0.25, 0.3) is 0 Å². The second-order valence-electron chi connectivity index (χ2n) is 7.72. The minimum atomic E-state index is -3.13. The molecular weight excluding hydrogens is 342 g/mol. The molecule has 1 saturated heterocycles. The maximum absolute atomic E-state index is 11.9. The van der Waals surface area contributed by atoms with E-state index in [2.05, 4.69) is 28.9 Å². The predicted octanol–water partition coefficient (Wildman–Crippen LogP) is 2.53. The number of hydrogen-bond acceptors (Lipinski definition) is 4. The van der Waals surface area contributed by atoms with Gasteiger partial charge in [0.25, 0.3) is 0 Å². The summed E-state index contributed by atoms with van der Waals surface area (Å²) in [6.45, 7) is 8.68. The zero-order valence-corrected chi connectivity index (χ0v) is 17.2. The molecule has 1 heterocycles. The second kappa shape index (κ2) is 7.85. The third-order valence-electron chi connectivity index (χ3n) is 5.26. The average molecular weight is 376 g/mol. The standard InChI is InChI=1S/C17H33N3O2S2/c1-5-18-15(19-13-16(2,3)24(4,21)22)20-11-12-23-17(14-20)9-7-6-8-10-17/h5-14H2,1-4H3,(H,18,19). The van der Waals surface area contributed by atoms with Gasteiger partial charge in [0.05, 0.1) is 11.3 Å². The highest BCUT2D eigenvalue weighted by atomic mass is 32.2. The molecule has 1 saturated carbocycles. The summed E-state index contributed by atoms with van der Waals surface area (Å²) in [5.74, 6) is 2.00. The summed E-state index contributed by atoms with van der Waals surface area (Å²) in [7, 11) is -3.13. The van der Waals surface area contributed by atoms with Crippen LogP contribution < -0.4 is 5.32 Å². The predicted molar refractivity (Wildman–Crippen MR) is 105 cm³/mol. The van der Waals surface area contributed by atoms with E-state index in [1.54, 1.807) is 13.8 Å². The van der Waals surface area contributed by atoms with Crippen LogP contribution in [-0.4, -0.2) is 67.0 Å². The van der Waals surface area contributed by atoms with Crippen molar-refractivity contribution in [3.05, 3.63) is 0 Å². The Morgan fingerprint density at radius 2 is 1.96 bits per heavy atom. The van der Waals surface area contributed by atoms with Gasteiger partial charge < -0.3 is 10.2 Å². The molecule has 1 aliphatic carbocycles. The molecule has 140 valence electrons. The van der Waals surface area contributed by atoms with Gasteiger partial charge >= 0.3 is 0 Å². The van der Waals surface area contributed by atoms with Crippen LogP contribution >= 0.6 is 11.8 Å². The van der Waals surface area contributed by atoms with Crippen LogP contribution in [0.4, 0.5) is 0 Å². The zero-order chi connectivity index (χ0) is 17.8. The van der Waals surface area contributed by atoms with Gasteiger partial charge in [-0.3, -0.25) is 4.99 Å². The molecule has 1 N–H and O–H groups in total. The fourth-order valence-corrected chi connectivity index (χ4v) is 5.20. The van der Waals surface area contributed by atoms with Gasteiger partial charge in [0.15, 0.2) is 15.8 Å². The first kappa shape index (κ1) is 19.9. The molecule has 2 aliphatic rings. The lowest BCUT2D eigenvalue weighted by Crippen LogP contribution is -2.53. The highest BCUT2D eigenvalue weighted by Crippen LogP contribution is 2.42. The summed E-state index contributed by atoms with van der Waals surface area (Å²) < 4.78 is 23.4. The fourth-order valence-electron chi connectivity index (χ4n) is 3.33. The largest absolute Gasteiger partial charge is 0.357 e. The Hall–Kier alpha value is -0.430. The molecule has 1 aliphatic heterocycles. The summed E-state index contributed by atoms with van der Waals surface area (Å²) in [4.78, 5) is 7.05. The van der Waals surface area contributed by atoms with Crippen molar-refractivity contribution in [1.82, 2.24) is 10.2 Å². The van der Waals surface area contributed by atoms with Crippen molar-refractivity contribution in [3.8, 4) is 0 Å². The highest BCUT2D eigenvalue weighted by Gasteiger charge is 2.38. The van der Waals surface area contributed by atoms with Crippen LogP contribution in [0.2, 0.25) is 0 Å². The highest BCUT2D eigenvalue weighted by molar-refractivity contribution is 8.00. The van der Waals surface area contributed by atoms with Crippen LogP contribution in [0, 0.1) is 0 Å². The minimum Gasteiger partial charge on any atom is -0.357 e. The Bertz CT molecular complexity index is 547. The molecule has 24 heavy (non-hydrogen) atoms. The molecule has 0 unspecified atom stereocenters. The maximum Gasteiger partial charge on any atom is 0.194 e. The van der Waals surface area contributed by atoms with Gasteiger partial charge in [0, 0.05) is 36.4 Å². The molecular formula is C17H33N3O2S2. The number of guanidine groups is 1. The van der Waals surface area contributed by atoms with Crippen LogP contribution in [0.15, 0.2) is 4.99 Å². The van der Waals surface area contributed by atoms with E-state index in [-0.39, 0.29) is 0 Å². The molecule has 2 rings (SSSR count). The van der Waals surface area contributed by atoms with Crippen molar-refractivity contribution >= 4 is 27.6 Å². The molecule has 1 spiro atoms. The first-order valence-corrected chi connectivity index (χ1v) is 11.9. The van der Waals surface area contributed by atoms with Gasteiger partial charge in [-0.2, -0.15) is 11.8 Å². The molecule has 0 aromatic heterocycles. The number of nitrogens with one attached hydrogen (secondary N) is 1. The van der Waals surface area contributed by atoms with Crippen LogP contribution in [0.1, 0.15) is 52.9 Å². The van der Waals surface area contributed by atoms with E-state index >= 15 is 0 Å². The van der Waals surface area contributed by atoms with E-state index in [0.717, 1.165) is 31.3 Å². The molecule has 0 radical (unpaired) electrons. The van der Waals surface area contributed by atoms with Gasteiger partial charge in [-0.25, -0.2) is 8.42 Å². The van der Waals surface area contributed by atoms with E-state index in [9.17, 15) is 8.42 Å². The van der Waals surface area contributed by atoms with E-state index in [1.165, 1.54) is 38.4 Å². The first-order chi connectivity index (χ1) is 11.2. The molecule has 7 heteroatoms. The molecule has 2 fully saturated rings. The van der Waals surface area contributed by atoms with Crippen molar-refractivity contribution in [1.29, 1.82) is 0 Å². The number of aliphatic imine (C=N–C) groups is 1.